The molecule has 0 heterocycles. The maximum atomic E-state index is 11.4. The van der Waals surface area contributed by atoms with Gasteiger partial charge in [-0.1, -0.05) is 24.3 Å². The van der Waals surface area contributed by atoms with Crippen molar-refractivity contribution in [2.75, 3.05) is 0 Å². The molecule has 0 aliphatic heterocycles. The van der Waals surface area contributed by atoms with Crippen molar-refractivity contribution in [3.63, 3.8) is 0 Å². The number of phosphoric ester groups is 1. The minimum atomic E-state index is -4.75. The number of phenols is 2. The van der Waals surface area contributed by atoms with Crippen molar-refractivity contribution in [3.05, 3.63) is 65.7 Å². The summed E-state index contributed by atoms with van der Waals surface area (Å²) in [5, 5.41) is 19.7. The summed E-state index contributed by atoms with van der Waals surface area (Å²) in [6, 6.07) is 15.0. The lowest BCUT2D eigenvalue weighted by Gasteiger charge is -2.20. The fourth-order valence-corrected chi connectivity index (χ4v) is 3.68. The number of rotatable bonds is 4. The minimum absolute atomic E-state index is 0.0618. The smallest absolute Gasteiger partial charge is 0.508 e. The monoisotopic (exact) mass is 386 g/mol. The zero-order chi connectivity index (χ0) is 19.8. The molecule has 27 heavy (non-hydrogen) atoms. The Bertz CT molecular complexity index is 1050. The third-order valence-electron chi connectivity index (χ3n) is 4.21. The van der Waals surface area contributed by atoms with Gasteiger partial charge in [0.25, 0.3) is 0 Å². The zero-order valence-corrected chi connectivity index (χ0v) is 15.6. The van der Waals surface area contributed by atoms with Crippen LogP contribution in [-0.2, 0) is 4.57 Å². The second-order valence-electron chi connectivity index (χ2n) is 6.25. The Hall–Kier alpha value is -2.79. The van der Waals surface area contributed by atoms with E-state index in [0.29, 0.717) is 22.3 Å². The molecule has 0 spiro atoms. The third kappa shape index (κ3) is 4.14. The Morgan fingerprint density at radius 2 is 1.41 bits per heavy atom. The summed E-state index contributed by atoms with van der Waals surface area (Å²) in [4.78, 5) is 18.5. The van der Waals surface area contributed by atoms with Crippen molar-refractivity contribution in [1.29, 1.82) is 0 Å². The molecule has 0 bridgehead atoms. The van der Waals surface area contributed by atoms with Gasteiger partial charge >= 0.3 is 7.82 Å². The highest BCUT2D eigenvalue weighted by molar-refractivity contribution is 7.46. The van der Waals surface area contributed by atoms with Crippen LogP contribution >= 0.6 is 7.82 Å². The molecule has 3 aromatic carbocycles. The predicted molar refractivity (Wildman–Crippen MR) is 103 cm³/mol. The van der Waals surface area contributed by atoms with Crippen molar-refractivity contribution in [1.82, 2.24) is 0 Å². The van der Waals surface area contributed by atoms with Crippen LogP contribution in [0.2, 0.25) is 0 Å². The summed E-state index contributed by atoms with van der Waals surface area (Å²) >= 11 is 0. The first kappa shape index (κ1) is 19.0. The average molecular weight is 386 g/mol. The van der Waals surface area contributed by atoms with Crippen molar-refractivity contribution in [3.8, 4) is 39.5 Å². The van der Waals surface area contributed by atoms with Crippen LogP contribution in [0.1, 0.15) is 11.1 Å². The Morgan fingerprint density at radius 1 is 0.852 bits per heavy atom. The molecule has 0 saturated heterocycles. The van der Waals surface area contributed by atoms with Gasteiger partial charge in [-0.25, -0.2) is 4.57 Å². The second kappa shape index (κ2) is 7.08. The van der Waals surface area contributed by atoms with Crippen LogP contribution in [0.5, 0.6) is 17.2 Å². The minimum Gasteiger partial charge on any atom is -0.508 e. The topological polar surface area (TPSA) is 107 Å². The van der Waals surface area contributed by atoms with Crippen molar-refractivity contribution < 1.29 is 29.1 Å². The first-order valence-electron chi connectivity index (χ1n) is 8.14. The molecule has 140 valence electrons. The van der Waals surface area contributed by atoms with Gasteiger partial charge in [0.1, 0.15) is 17.2 Å². The number of aryl methyl sites for hydroxylation is 1. The van der Waals surface area contributed by atoms with Crippen molar-refractivity contribution in [2.24, 2.45) is 0 Å². The molecular weight excluding hydrogens is 367 g/mol. The predicted octanol–water partition coefficient (Wildman–Crippen LogP) is 4.52. The normalized spacial score (nSPS) is 11.4. The number of phosphoric acid groups is 1. The van der Waals surface area contributed by atoms with Crippen LogP contribution in [0, 0.1) is 13.8 Å². The van der Waals surface area contributed by atoms with E-state index in [9.17, 15) is 24.6 Å². The van der Waals surface area contributed by atoms with Gasteiger partial charge < -0.3 is 14.7 Å². The van der Waals surface area contributed by atoms with E-state index in [0.717, 1.165) is 11.1 Å². The molecule has 3 aromatic rings. The number of hydrogen-bond acceptors (Lipinski definition) is 4. The maximum absolute atomic E-state index is 11.4. The van der Waals surface area contributed by atoms with Gasteiger partial charge in [-0.3, -0.25) is 9.79 Å². The molecule has 6 nitrogen and oxygen atoms in total. The first-order chi connectivity index (χ1) is 12.7. The molecule has 0 aromatic heterocycles. The van der Waals surface area contributed by atoms with E-state index >= 15 is 0 Å². The molecular formula is C20H19O6P. The summed E-state index contributed by atoms with van der Waals surface area (Å²) in [7, 11) is -4.75. The van der Waals surface area contributed by atoms with Crippen LogP contribution in [0.3, 0.4) is 0 Å². The van der Waals surface area contributed by atoms with Gasteiger partial charge in [-0.15, -0.1) is 0 Å². The van der Waals surface area contributed by atoms with Crippen LogP contribution in [0.4, 0.5) is 0 Å². The lowest BCUT2D eigenvalue weighted by Crippen LogP contribution is -1.99. The van der Waals surface area contributed by atoms with Gasteiger partial charge in [-0.2, -0.15) is 0 Å². The summed E-state index contributed by atoms with van der Waals surface area (Å²) in [6.07, 6.45) is 0. The lowest BCUT2D eigenvalue weighted by molar-refractivity contribution is 0.282. The molecule has 0 aliphatic rings. The van der Waals surface area contributed by atoms with Gasteiger partial charge in [0.05, 0.1) is 0 Å². The number of phenolic OH excluding ortho intramolecular Hbond substituents is 2. The molecule has 3 rings (SSSR count). The molecule has 0 radical (unpaired) electrons. The van der Waals surface area contributed by atoms with Gasteiger partial charge in [-0.05, 0) is 72.0 Å². The van der Waals surface area contributed by atoms with Crippen LogP contribution < -0.4 is 4.52 Å². The van der Waals surface area contributed by atoms with E-state index in [-0.39, 0.29) is 17.2 Å². The largest absolute Gasteiger partial charge is 0.524 e. The summed E-state index contributed by atoms with van der Waals surface area (Å²) < 4.78 is 16.3. The van der Waals surface area contributed by atoms with Crippen LogP contribution in [0.15, 0.2) is 54.6 Å². The van der Waals surface area contributed by atoms with Gasteiger partial charge in [0.15, 0.2) is 0 Å². The third-order valence-corrected chi connectivity index (χ3v) is 4.63. The van der Waals surface area contributed by atoms with Crippen LogP contribution in [0.25, 0.3) is 22.3 Å². The summed E-state index contributed by atoms with van der Waals surface area (Å²) in [5.41, 5.74) is 3.82. The first-order valence-corrected chi connectivity index (χ1v) is 9.67. The Balaban J connectivity index is 2.35. The maximum Gasteiger partial charge on any atom is 0.524 e. The summed E-state index contributed by atoms with van der Waals surface area (Å²) in [5.74, 6) is 0.248. The molecule has 0 aliphatic carbocycles. The SMILES string of the molecule is Cc1cc(-c2cccc(O)c2)c(-c2cccc(O)c2)c(C)c1OP(=O)(O)O. The molecule has 0 saturated carbocycles. The molecule has 0 atom stereocenters. The van der Waals surface area contributed by atoms with Gasteiger partial charge in [0.2, 0.25) is 0 Å². The fourth-order valence-electron chi connectivity index (χ4n) is 3.16. The number of hydrogen-bond donors (Lipinski definition) is 4. The molecule has 0 unspecified atom stereocenters. The van der Waals surface area contributed by atoms with E-state index in [2.05, 4.69) is 0 Å². The van der Waals surface area contributed by atoms with E-state index in [4.69, 9.17) is 4.52 Å². The fraction of sp³-hybridized carbons (Fsp3) is 0.100. The zero-order valence-electron chi connectivity index (χ0n) is 14.7. The summed E-state index contributed by atoms with van der Waals surface area (Å²) in [6.45, 7) is 3.39. The Labute approximate surface area is 156 Å². The highest BCUT2D eigenvalue weighted by Crippen LogP contribution is 2.47. The Morgan fingerprint density at radius 3 is 1.96 bits per heavy atom. The highest BCUT2D eigenvalue weighted by Gasteiger charge is 2.23. The second-order valence-corrected chi connectivity index (χ2v) is 7.42. The van der Waals surface area contributed by atoms with E-state index < -0.39 is 7.82 Å². The number of benzene rings is 3. The quantitative estimate of drug-likeness (QED) is 0.491. The molecule has 7 heteroatoms. The standard InChI is InChI=1S/C20H19O6P/c1-12-9-18(14-5-3-7-16(21)10-14)19(15-6-4-8-17(22)11-15)13(2)20(12)26-27(23,24)25/h3-11,21-22H,1-2H3,(H2,23,24,25). The van der Waals surface area contributed by atoms with E-state index in [1.165, 1.54) is 6.07 Å². The van der Waals surface area contributed by atoms with Crippen molar-refractivity contribution in [2.45, 2.75) is 13.8 Å². The van der Waals surface area contributed by atoms with E-state index in [1.807, 2.05) is 6.07 Å². The van der Waals surface area contributed by atoms with Crippen molar-refractivity contribution >= 4 is 7.82 Å². The Kier molecular flexibility index (Phi) is 4.98. The molecule has 0 amide bonds. The lowest BCUT2D eigenvalue weighted by atomic mass is 9.88. The number of aromatic hydroxyl groups is 2. The molecule has 4 N–H and O–H groups in total. The average Bonchev–Trinajstić information content (AvgIpc) is 2.57. The van der Waals surface area contributed by atoms with E-state index in [1.54, 1.807) is 56.3 Å². The van der Waals surface area contributed by atoms with Crippen LogP contribution in [-0.4, -0.2) is 20.0 Å². The van der Waals surface area contributed by atoms with Gasteiger partial charge in [0, 0.05) is 5.56 Å². The molecule has 0 fully saturated rings. The highest BCUT2D eigenvalue weighted by atomic mass is 31.2.